The minimum Gasteiger partial charge on any atom is -0.370 e. The Bertz CT molecular complexity index is 252. The summed E-state index contributed by atoms with van der Waals surface area (Å²) in [5, 5.41) is 4.21. The van der Waals surface area contributed by atoms with Crippen molar-refractivity contribution in [2.24, 2.45) is 0 Å². The fourth-order valence-electron chi connectivity index (χ4n) is 0.903. The number of hydrogen-bond donors (Lipinski definition) is 1. The molecule has 0 radical (unpaired) electrons. The highest BCUT2D eigenvalue weighted by molar-refractivity contribution is 7.99. The third-order valence-corrected chi connectivity index (χ3v) is 2.59. The molecule has 0 atom stereocenters. The summed E-state index contributed by atoms with van der Waals surface area (Å²) in [6.07, 6.45) is 2.78. The Hall–Kier alpha value is -0.770. The molecule has 0 bridgehead atoms. The molecule has 72 valence electrons. The predicted molar refractivity (Wildman–Crippen MR) is 57.2 cm³/mol. The molecule has 0 saturated heterocycles. The average molecular weight is 197 g/mol. The first-order valence-electron chi connectivity index (χ1n) is 4.55. The summed E-state index contributed by atoms with van der Waals surface area (Å²) < 4.78 is 0. The molecule has 0 aliphatic rings. The average Bonchev–Trinajstić information content (AvgIpc) is 2.16. The van der Waals surface area contributed by atoms with Gasteiger partial charge in [0.2, 0.25) is 0 Å². The molecule has 1 rings (SSSR count). The molecule has 4 heteroatoms. The molecular formula is C9H15N3S. The van der Waals surface area contributed by atoms with E-state index in [1.807, 2.05) is 6.07 Å². The molecule has 0 amide bonds. The molecule has 13 heavy (non-hydrogen) atoms. The summed E-state index contributed by atoms with van der Waals surface area (Å²) in [5.41, 5.74) is 0. The molecule has 0 aliphatic heterocycles. The molecule has 0 spiro atoms. The Kier molecular flexibility index (Phi) is 4.60. The van der Waals surface area contributed by atoms with Crippen molar-refractivity contribution in [1.29, 1.82) is 0 Å². The maximum Gasteiger partial charge on any atom is 0.130 e. The number of nitrogens with one attached hydrogen (secondary N) is 1. The molecule has 0 aromatic carbocycles. The minimum absolute atomic E-state index is 0.898. The molecule has 0 aliphatic carbocycles. The summed E-state index contributed by atoms with van der Waals surface area (Å²) in [7, 11) is 0. The van der Waals surface area contributed by atoms with Crippen molar-refractivity contribution in [2.45, 2.75) is 25.3 Å². The fraction of sp³-hybridized carbons (Fsp3) is 0.556. The van der Waals surface area contributed by atoms with Gasteiger partial charge >= 0.3 is 0 Å². The van der Waals surface area contributed by atoms with Crippen molar-refractivity contribution >= 4 is 17.6 Å². The van der Waals surface area contributed by atoms with Crippen molar-refractivity contribution in [2.75, 3.05) is 17.6 Å². The van der Waals surface area contributed by atoms with Crippen LogP contribution < -0.4 is 5.32 Å². The van der Waals surface area contributed by atoms with Crippen LogP contribution in [0.2, 0.25) is 0 Å². The van der Waals surface area contributed by atoms with Gasteiger partial charge in [0.05, 0.1) is 0 Å². The van der Waals surface area contributed by atoms with E-state index in [1.54, 1.807) is 18.1 Å². The zero-order valence-corrected chi connectivity index (χ0v) is 8.90. The number of anilines is 1. The van der Waals surface area contributed by atoms with E-state index in [2.05, 4.69) is 29.1 Å². The first-order chi connectivity index (χ1) is 6.36. The number of nitrogens with zero attached hydrogens (tertiary/aromatic N) is 2. The van der Waals surface area contributed by atoms with Crippen LogP contribution in [0, 0.1) is 0 Å². The molecule has 1 aromatic rings. The third kappa shape index (κ3) is 3.63. The van der Waals surface area contributed by atoms with Crippen LogP contribution in [0.5, 0.6) is 0 Å². The fourth-order valence-corrected chi connectivity index (χ4v) is 1.63. The van der Waals surface area contributed by atoms with E-state index in [-0.39, 0.29) is 0 Å². The van der Waals surface area contributed by atoms with Crippen molar-refractivity contribution in [1.82, 2.24) is 9.97 Å². The maximum atomic E-state index is 4.17. The Morgan fingerprint density at radius 3 is 2.92 bits per heavy atom. The number of rotatable bonds is 5. The second-order valence-electron chi connectivity index (χ2n) is 2.62. The van der Waals surface area contributed by atoms with Crippen LogP contribution in [0.1, 0.15) is 20.3 Å². The quantitative estimate of drug-likeness (QED) is 0.581. The molecule has 0 fully saturated rings. The summed E-state index contributed by atoms with van der Waals surface area (Å²) in [6, 6.07) is 1.99. The van der Waals surface area contributed by atoms with Gasteiger partial charge in [0.25, 0.3) is 0 Å². The highest BCUT2D eigenvalue weighted by Gasteiger charge is 1.96. The first-order valence-corrected chi connectivity index (χ1v) is 5.54. The highest BCUT2D eigenvalue weighted by Crippen LogP contribution is 2.17. The predicted octanol–water partition coefficient (Wildman–Crippen LogP) is 2.41. The van der Waals surface area contributed by atoms with Crippen molar-refractivity contribution in [3.8, 4) is 0 Å². The molecule has 0 saturated carbocycles. The van der Waals surface area contributed by atoms with Crippen LogP contribution in [-0.2, 0) is 0 Å². The lowest BCUT2D eigenvalue weighted by Crippen LogP contribution is -1.99. The Morgan fingerprint density at radius 2 is 2.23 bits per heavy atom. The lowest BCUT2D eigenvalue weighted by atomic mass is 10.5. The molecule has 3 nitrogen and oxygen atoms in total. The van der Waals surface area contributed by atoms with Gasteiger partial charge in [-0.15, -0.1) is 11.8 Å². The molecular weight excluding hydrogens is 182 g/mol. The summed E-state index contributed by atoms with van der Waals surface area (Å²) in [4.78, 5) is 8.27. The molecule has 0 unspecified atom stereocenters. The third-order valence-electron chi connectivity index (χ3n) is 1.45. The summed E-state index contributed by atoms with van der Waals surface area (Å²) in [5.74, 6) is 2.03. The van der Waals surface area contributed by atoms with Gasteiger partial charge in [0.1, 0.15) is 17.2 Å². The van der Waals surface area contributed by atoms with Crippen LogP contribution in [-0.4, -0.2) is 22.3 Å². The van der Waals surface area contributed by atoms with E-state index in [9.17, 15) is 0 Å². The maximum absolute atomic E-state index is 4.17. The second kappa shape index (κ2) is 5.80. The summed E-state index contributed by atoms with van der Waals surface area (Å²) >= 11 is 1.77. The Morgan fingerprint density at radius 1 is 1.38 bits per heavy atom. The van der Waals surface area contributed by atoms with Crippen molar-refractivity contribution in [3.63, 3.8) is 0 Å². The summed E-state index contributed by atoms with van der Waals surface area (Å²) in [6.45, 7) is 5.12. The highest BCUT2D eigenvalue weighted by atomic mass is 32.2. The molecule has 1 N–H and O–H groups in total. The Labute approximate surface area is 83.4 Å². The van der Waals surface area contributed by atoms with E-state index in [1.165, 1.54) is 6.42 Å². The zero-order valence-electron chi connectivity index (χ0n) is 8.08. The van der Waals surface area contributed by atoms with Gasteiger partial charge in [0, 0.05) is 12.6 Å². The first kappa shape index (κ1) is 10.3. The van der Waals surface area contributed by atoms with E-state index >= 15 is 0 Å². The van der Waals surface area contributed by atoms with Crippen molar-refractivity contribution in [3.05, 3.63) is 12.4 Å². The van der Waals surface area contributed by atoms with E-state index in [4.69, 9.17) is 0 Å². The molecule has 1 heterocycles. The Balaban J connectivity index is 2.56. The van der Waals surface area contributed by atoms with Gasteiger partial charge in [-0.25, -0.2) is 9.97 Å². The normalized spacial score (nSPS) is 10.0. The lowest BCUT2D eigenvalue weighted by Gasteiger charge is -2.03. The van der Waals surface area contributed by atoms with Crippen LogP contribution in [0.3, 0.4) is 0 Å². The second-order valence-corrected chi connectivity index (χ2v) is 3.74. The van der Waals surface area contributed by atoms with Gasteiger partial charge in [-0.1, -0.05) is 6.92 Å². The lowest BCUT2D eigenvalue weighted by molar-refractivity contribution is 1.02. The van der Waals surface area contributed by atoms with Crippen LogP contribution in [0.25, 0.3) is 0 Å². The van der Waals surface area contributed by atoms with Gasteiger partial charge in [-0.2, -0.15) is 0 Å². The van der Waals surface area contributed by atoms with Gasteiger partial charge < -0.3 is 5.32 Å². The van der Waals surface area contributed by atoms with Crippen LogP contribution in [0.15, 0.2) is 17.4 Å². The smallest absolute Gasteiger partial charge is 0.130 e. The number of thioether (sulfide) groups is 1. The SMILES string of the molecule is CCCSc1cc(NCC)ncn1. The minimum atomic E-state index is 0.898. The van der Waals surface area contributed by atoms with Crippen LogP contribution >= 0.6 is 11.8 Å². The van der Waals surface area contributed by atoms with Gasteiger partial charge in [-0.3, -0.25) is 0 Å². The van der Waals surface area contributed by atoms with Crippen molar-refractivity contribution < 1.29 is 0 Å². The molecule has 1 aromatic heterocycles. The monoisotopic (exact) mass is 197 g/mol. The zero-order chi connectivity index (χ0) is 9.52. The van der Waals surface area contributed by atoms with E-state index in [0.717, 1.165) is 23.1 Å². The van der Waals surface area contributed by atoms with Crippen LogP contribution in [0.4, 0.5) is 5.82 Å². The van der Waals surface area contributed by atoms with Gasteiger partial charge in [-0.05, 0) is 19.1 Å². The van der Waals surface area contributed by atoms with E-state index in [0.29, 0.717) is 0 Å². The van der Waals surface area contributed by atoms with Gasteiger partial charge in [0.15, 0.2) is 0 Å². The number of hydrogen-bond acceptors (Lipinski definition) is 4. The topological polar surface area (TPSA) is 37.8 Å². The standard InChI is InChI=1S/C9H15N3S/c1-3-5-13-9-6-8(10-4-2)11-7-12-9/h6-7H,3-5H2,1-2H3,(H,10,11,12). The largest absolute Gasteiger partial charge is 0.370 e. The van der Waals surface area contributed by atoms with E-state index < -0.39 is 0 Å². The number of aromatic nitrogens is 2.